The summed E-state index contributed by atoms with van der Waals surface area (Å²) in [7, 11) is 0. The van der Waals surface area contributed by atoms with Crippen LogP contribution in [0.1, 0.15) is 56.4 Å². The van der Waals surface area contributed by atoms with Crippen LogP contribution < -0.4 is 0 Å². The molecule has 1 aromatic heterocycles. The van der Waals surface area contributed by atoms with Crippen LogP contribution in [0.4, 0.5) is 5.69 Å². The van der Waals surface area contributed by atoms with E-state index in [0.717, 1.165) is 42.8 Å². The van der Waals surface area contributed by atoms with Gasteiger partial charge in [0.1, 0.15) is 0 Å². The highest BCUT2D eigenvalue weighted by Gasteiger charge is 2.36. The van der Waals surface area contributed by atoms with Gasteiger partial charge in [-0.2, -0.15) is 0 Å². The predicted molar refractivity (Wildman–Crippen MR) is 99.7 cm³/mol. The number of fused-ring (bicyclic) bond motifs is 1. The Morgan fingerprint density at radius 3 is 2.68 bits per heavy atom. The second-order valence-corrected chi connectivity index (χ2v) is 7.11. The summed E-state index contributed by atoms with van der Waals surface area (Å²) < 4.78 is 0. The van der Waals surface area contributed by atoms with Crippen molar-refractivity contribution in [1.82, 2.24) is 4.98 Å². The third-order valence-electron chi connectivity index (χ3n) is 4.82. The van der Waals surface area contributed by atoms with Gasteiger partial charge >= 0.3 is 5.97 Å². The van der Waals surface area contributed by atoms with Gasteiger partial charge in [-0.25, -0.2) is 4.99 Å². The first-order valence-corrected chi connectivity index (χ1v) is 8.84. The fourth-order valence-electron chi connectivity index (χ4n) is 3.41. The number of aliphatic carboxylic acids is 1. The molecule has 2 aromatic rings. The summed E-state index contributed by atoms with van der Waals surface area (Å²) in [5.74, 6) is -0.716. The Morgan fingerprint density at radius 2 is 1.92 bits per heavy atom. The van der Waals surface area contributed by atoms with Crippen molar-refractivity contribution in [1.29, 1.82) is 0 Å². The van der Waals surface area contributed by atoms with Gasteiger partial charge in [-0.3, -0.25) is 9.78 Å². The van der Waals surface area contributed by atoms with Gasteiger partial charge < -0.3 is 5.11 Å². The van der Waals surface area contributed by atoms with E-state index in [1.54, 1.807) is 0 Å². The standard InChI is InChI=1S/C21H24N2O2/c1-21(2)16-9-6-7-10-17(16)23-20(21)18-14-15(12-13-22-18)8-4-3-5-11-19(24)25/h6-7,9-10,12-14H,3-5,8,11H2,1-2H3,(H,24,25). The molecule has 0 saturated heterocycles. The first-order chi connectivity index (χ1) is 12.0. The van der Waals surface area contributed by atoms with Crippen molar-refractivity contribution >= 4 is 17.4 Å². The molecule has 25 heavy (non-hydrogen) atoms. The number of hydrogen-bond acceptors (Lipinski definition) is 3. The number of nitrogens with zero attached hydrogens (tertiary/aromatic N) is 2. The van der Waals surface area contributed by atoms with E-state index in [4.69, 9.17) is 10.1 Å². The number of hydrogen-bond donors (Lipinski definition) is 1. The number of carbonyl (C=O) groups is 1. The molecule has 1 aromatic carbocycles. The molecule has 130 valence electrons. The van der Waals surface area contributed by atoms with Crippen molar-refractivity contribution in [3.8, 4) is 0 Å². The Balaban J connectivity index is 1.71. The van der Waals surface area contributed by atoms with Gasteiger partial charge in [0.25, 0.3) is 0 Å². The van der Waals surface area contributed by atoms with Crippen molar-refractivity contribution in [2.45, 2.75) is 51.4 Å². The molecular formula is C21H24N2O2. The predicted octanol–water partition coefficient (Wildman–Crippen LogP) is 4.68. The summed E-state index contributed by atoms with van der Waals surface area (Å²) >= 11 is 0. The van der Waals surface area contributed by atoms with Crippen LogP contribution in [-0.2, 0) is 16.6 Å². The SMILES string of the molecule is CC1(C)C(c2cc(CCCCCC(=O)O)ccn2)=Nc2ccccc21. The Labute approximate surface area is 148 Å². The third-order valence-corrected chi connectivity index (χ3v) is 4.82. The summed E-state index contributed by atoms with van der Waals surface area (Å²) in [5, 5.41) is 8.69. The Hall–Kier alpha value is -2.49. The molecule has 0 unspecified atom stereocenters. The number of carboxylic acid groups (broad SMARTS) is 1. The molecule has 0 saturated carbocycles. The molecule has 2 heterocycles. The molecule has 1 aliphatic heterocycles. The second-order valence-electron chi connectivity index (χ2n) is 7.11. The number of unbranched alkanes of at least 4 members (excludes halogenated alkanes) is 2. The molecule has 0 spiro atoms. The first kappa shape index (κ1) is 17.3. The molecule has 0 bridgehead atoms. The summed E-state index contributed by atoms with van der Waals surface area (Å²) in [6.07, 6.45) is 5.71. The zero-order valence-electron chi connectivity index (χ0n) is 14.8. The van der Waals surface area contributed by atoms with Crippen LogP contribution in [0.2, 0.25) is 0 Å². The van der Waals surface area contributed by atoms with Crippen LogP contribution in [0.25, 0.3) is 0 Å². The molecule has 4 nitrogen and oxygen atoms in total. The smallest absolute Gasteiger partial charge is 0.303 e. The van der Waals surface area contributed by atoms with Crippen LogP contribution in [0.15, 0.2) is 47.6 Å². The van der Waals surface area contributed by atoms with Gasteiger partial charge in [0.05, 0.1) is 17.1 Å². The van der Waals surface area contributed by atoms with Crippen LogP contribution in [0.5, 0.6) is 0 Å². The van der Waals surface area contributed by atoms with E-state index >= 15 is 0 Å². The highest BCUT2D eigenvalue weighted by molar-refractivity contribution is 6.11. The highest BCUT2D eigenvalue weighted by atomic mass is 16.4. The number of aryl methyl sites for hydroxylation is 1. The fourth-order valence-corrected chi connectivity index (χ4v) is 3.41. The van der Waals surface area contributed by atoms with Gasteiger partial charge in [-0.1, -0.05) is 24.6 Å². The first-order valence-electron chi connectivity index (χ1n) is 8.84. The van der Waals surface area contributed by atoms with Crippen molar-refractivity contribution in [3.05, 3.63) is 59.4 Å². The molecule has 1 N–H and O–H groups in total. The quantitative estimate of drug-likeness (QED) is 0.747. The average Bonchev–Trinajstić information content (AvgIpc) is 2.86. The van der Waals surface area contributed by atoms with Crippen LogP contribution in [-0.4, -0.2) is 21.8 Å². The fraction of sp³-hybridized carbons (Fsp3) is 0.381. The maximum Gasteiger partial charge on any atom is 0.303 e. The van der Waals surface area contributed by atoms with E-state index in [-0.39, 0.29) is 11.8 Å². The molecule has 0 aliphatic carbocycles. The molecule has 4 heteroatoms. The van der Waals surface area contributed by atoms with Gasteiger partial charge in [-0.05, 0) is 62.4 Å². The lowest BCUT2D eigenvalue weighted by Crippen LogP contribution is -2.27. The molecule has 0 fully saturated rings. The molecular weight excluding hydrogens is 312 g/mol. The minimum Gasteiger partial charge on any atom is -0.481 e. The van der Waals surface area contributed by atoms with Gasteiger partial charge in [0, 0.05) is 18.0 Å². The van der Waals surface area contributed by atoms with E-state index in [1.807, 2.05) is 18.3 Å². The number of carboxylic acids is 1. The van der Waals surface area contributed by atoms with Crippen molar-refractivity contribution < 1.29 is 9.90 Å². The zero-order chi connectivity index (χ0) is 17.9. The van der Waals surface area contributed by atoms with Crippen LogP contribution in [0.3, 0.4) is 0 Å². The normalized spacial score (nSPS) is 14.9. The highest BCUT2D eigenvalue weighted by Crippen LogP contribution is 2.41. The second kappa shape index (κ2) is 7.18. The van der Waals surface area contributed by atoms with E-state index in [9.17, 15) is 4.79 Å². The largest absolute Gasteiger partial charge is 0.481 e. The van der Waals surface area contributed by atoms with Crippen LogP contribution in [0, 0.1) is 0 Å². The summed E-state index contributed by atoms with van der Waals surface area (Å²) in [6, 6.07) is 12.4. The Morgan fingerprint density at radius 1 is 1.12 bits per heavy atom. The van der Waals surface area contributed by atoms with E-state index in [1.165, 1.54) is 11.1 Å². The summed E-state index contributed by atoms with van der Waals surface area (Å²) in [4.78, 5) is 19.9. The lowest BCUT2D eigenvalue weighted by molar-refractivity contribution is -0.137. The Kier molecular flexibility index (Phi) is 4.98. The minimum absolute atomic E-state index is 0.149. The van der Waals surface area contributed by atoms with Crippen LogP contribution >= 0.6 is 0 Å². The molecule has 3 rings (SSSR count). The average molecular weight is 336 g/mol. The number of benzene rings is 1. The van der Waals surface area contributed by atoms with E-state index < -0.39 is 5.97 Å². The lowest BCUT2D eigenvalue weighted by atomic mass is 9.80. The van der Waals surface area contributed by atoms with E-state index in [0.29, 0.717) is 0 Å². The van der Waals surface area contributed by atoms with E-state index in [2.05, 4.69) is 43.1 Å². The zero-order valence-corrected chi connectivity index (χ0v) is 14.8. The molecule has 0 atom stereocenters. The molecule has 1 aliphatic rings. The maximum absolute atomic E-state index is 10.6. The minimum atomic E-state index is -0.716. The summed E-state index contributed by atoms with van der Waals surface area (Å²) in [5.41, 5.74) is 5.30. The number of para-hydroxylation sites is 1. The number of pyridine rings is 1. The lowest BCUT2D eigenvalue weighted by Gasteiger charge is -2.22. The maximum atomic E-state index is 10.6. The molecule has 0 radical (unpaired) electrons. The van der Waals surface area contributed by atoms with Gasteiger partial charge in [0.2, 0.25) is 0 Å². The van der Waals surface area contributed by atoms with Gasteiger partial charge in [-0.15, -0.1) is 0 Å². The van der Waals surface area contributed by atoms with Gasteiger partial charge in [0.15, 0.2) is 0 Å². The number of aliphatic imine (C=N–C) groups is 1. The third kappa shape index (κ3) is 3.78. The molecule has 0 amide bonds. The van der Waals surface area contributed by atoms with Crippen molar-refractivity contribution in [2.24, 2.45) is 4.99 Å². The monoisotopic (exact) mass is 336 g/mol. The number of rotatable bonds is 7. The summed E-state index contributed by atoms with van der Waals surface area (Å²) in [6.45, 7) is 4.38. The topological polar surface area (TPSA) is 62.5 Å². The van der Waals surface area contributed by atoms with Crippen molar-refractivity contribution in [2.75, 3.05) is 0 Å². The van der Waals surface area contributed by atoms with Crippen molar-refractivity contribution in [3.63, 3.8) is 0 Å². The Bertz CT molecular complexity index is 809. The number of aromatic nitrogens is 1.